The standard InChI is InChI=1S/C9H10N4/c10-6-5-7-1-3-8(4-2-7)13-9(11)12/h1-4H,5H2,(H4,11,12,13). The normalized spacial score (nSPS) is 8.85. The third kappa shape index (κ3) is 2.83. The zero-order valence-electron chi connectivity index (χ0n) is 7.07. The Morgan fingerprint density at radius 3 is 2.38 bits per heavy atom. The SMILES string of the molecule is N#CCc1ccc(N=C(N)N)cc1. The molecule has 0 heterocycles. The number of hydrogen-bond acceptors (Lipinski definition) is 2. The smallest absolute Gasteiger partial charge is 0.191 e. The lowest BCUT2D eigenvalue weighted by atomic mass is 10.1. The summed E-state index contributed by atoms with van der Waals surface area (Å²) < 4.78 is 0. The molecular weight excluding hydrogens is 164 g/mol. The van der Waals surface area contributed by atoms with E-state index in [-0.39, 0.29) is 5.96 Å². The molecule has 4 N–H and O–H groups in total. The number of hydrogen-bond donors (Lipinski definition) is 2. The Morgan fingerprint density at radius 1 is 1.31 bits per heavy atom. The first-order valence-corrected chi connectivity index (χ1v) is 3.78. The van der Waals surface area contributed by atoms with E-state index in [4.69, 9.17) is 16.7 Å². The Bertz CT molecular complexity index is 341. The van der Waals surface area contributed by atoms with Gasteiger partial charge in [0.15, 0.2) is 5.96 Å². The van der Waals surface area contributed by atoms with Crippen LogP contribution in [-0.2, 0) is 6.42 Å². The highest BCUT2D eigenvalue weighted by molar-refractivity contribution is 5.78. The topological polar surface area (TPSA) is 88.2 Å². The third-order valence-corrected chi connectivity index (χ3v) is 1.48. The number of nitriles is 1. The first-order chi connectivity index (χ1) is 6.22. The van der Waals surface area contributed by atoms with Gasteiger partial charge in [-0.3, -0.25) is 0 Å². The number of guanidine groups is 1. The second kappa shape index (κ2) is 4.12. The van der Waals surface area contributed by atoms with E-state index in [0.717, 1.165) is 5.56 Å². The zero-order valence-corrected chi connectivity index (χ0v) is 7.07. The van der Waals surface area contributed by atoms with Crippen molar-refractivity contribution >= 4 is 11.6 Å². The molecule has 0 fully saturated rings. The highest BCUT2D eigenvalue weighted by Gasteiger charge is 1.92. The van der Waals surface area contributed by atoms with E-state index < -0.39 is 0 Å². The molecule has 0 aliphatic carbocycles. The van der Waals surface area contributed by atoms with Crippen molar-refractivity contribution in [2.24, 2.45) is 16.5 Å². The third-order valence-electron chi connectivity index (χ3n) is 1.48. The maximum atomic E-state index is 8.42. The lowest BCUT2D eigenvalue weighted by Gasteiger charge is -1.96. The first kappa shape index (κ1) is 9.07. The van der Waals surface area contributed by atoms with Crippen LogP contribution in [0.5, 0.6) is 0 Å². The Morgan fingerprint density at radius 2 is 1.92 bits per heavy atom. The van der Waals surface area contributed by atoms with E-state index in [1.807, 2.05) is 12.1 Å². The summed E-state index contributed by atoms with van der Waals surface area (Å²) in [4.78, 5) is 3.85. The maximum Gasteiger partial charge on any atom is 0.191 e. The summed E-state index contributed by atoms with van der Waals surface area (Å²) in [5, 5.41) is 8.42. The molecule has 66 valence electrons. The van der Waals surface area contributed by atoms with E-state index >= 15 is 0 Å². The Balaban J connectivity index is 2.83. The monoisotopic (exact) mass is 174 g/mol. The minimum atomic E-state index is 0.0352. The van der Waals surface area contributed by atoms with Gasteiger partial charge in [-0.25, -0.2) is 4.99 Å². The quantitative estimate of drug-likeness (QED) is 0.509. The predicted molar refractivity (Wildman–Crippen MR) is 51.2 cm³/mol. The molecule has 1 aromatic rings. The van der Waals surface area contributed by atoms with Crippen molar-refractivity contribution in [1.29, 1.82) is 5.26 Å². The average Bonchev–Trinajstić information content (AvgIpc) is 2.08. The van der Waals surface area contributed by atoms with Gasteiger partial charge in [0.05, 0.1) is 18.2 Å². The van der Waals surface area contributed by atoms with Gasteiger partial charge >= 0.3 is 0 Å². The molecule has 13 heavy (non-hydrogen) atoms. The molecule has 0 aliphatic heterocycles. The molecule has 4 nitrogen and oxygen atoms in total. The van der Waals surface area contributed by atoms with Crippen LogP contribution in [0, 0.1) is 11.3 Å². The van der Waals surface area contributed by atoms with Crippen LogP contribution in [0.3, 0.4) is 0 Å². The molecule has 0 unspecified atom stereocenters. The lowest BCUT2D eigenvalue weighted by Crippen LogP contribution is -2.21. The van der Waals surface area contributed by atoms with Crippen LogP contribution < -0.4 is 11.5 Å². The van der Waals surface area contributed by atoms with Crippen LogP contribution in [0.1, 0.15) is 5.56 Å². The molecule has 0 radical (unpaired) electrons. The van der Waals surface area contributed by atoms with Crippen LogP contribution in [0.15, 0.2) is 29.3 Å². The zero-order chi connectivity index (χ0) is 9.68. The van der Waals surface area contributed by atoms with Crippen molar-refractivity contribution in [2.45, 2.75) is 6.42 Å². The summed E-state index contributed by atoms with van der Waals surface area (Å²) in [6.45, 7) is 0. The molecule has 0 aliphatic rings. The van der Waals surface area contributed by atoms with Crippen molar-refractivity contribution in [2.75, 3.05) is 0 Å². The van der Waals surface area contributed by atoms with Crippen molar-refractivity contribution < 1.29 is 0 Å². The highest BCUT2D eigenvalue weighted by atomic mass is 15.0. The fraction of sp³-hybridized carbons (Fsp3) is 0.111. The fourth-order valence-corrected chi connectivity index (χ4v) is 0.929. The second-order valence-corrected chi connectivity index (χ2v) is 2.54. The van der Waals surface area contributed by atoms with Crippen LogP contribution in [0.2, 0.25) is 0 Å². The van der Waals surface area contributed by atoms with Gasteiger partial charge in [0.25, 0.3) is 0 Å². The molecular formula is C9H10N4. The van der Waals surface area contributed by atoms with Crippen LogP contribution in [-0.4, -0.2) is 5.96 Å². The Hall–Kier alpha value is -2.02. The van der Waals surface area contributed by atoms with Gasteiger partial charge < -0.3 is 11.5 Å². The Labute approximate surface area is 76.5 Å². The molecule has 0 aromatic heterocycles. The number of aliphatic imine (C=N–C) groups is 1. The van der Waals surface area contributed by atoms with Crippen molar-refractivity contribution in [3.05, 3.63) is 29.8 Å². The molecule has 0 bridgehead atoms. The molecule has 4 heteroatoms. The number of benzene rings is 1. The maximum absolute atomic E-state index is 8.42. The van der Waals surface area contributed by atoms with Gasteiger partial charge in [0, 0.05) is 0 Å². The number of rotatable bonds is 2. The van der Waals surface area contributed by atoms with Gasteiger partial charge in [0.1, 0.15) is 0 Å². The van der Waals surface area contributed by atoms with Gasteiger partial charge in [-0.1, -0.05) is 12.1 Å². The van der Waals surface area contributed by atoms with Crippen LogP contribution >= 0.6 is 0 Å². The molecule has 0 atom stereocenters. The van der Waals surface area contributed by atoms with E-state index in [0.29, 0.717) is 12.1 Å². The van der Waals surface area contributed by atoms with E-state index in [2.05, 4.69) is 11.1 Å². The van der Waals surface area contributed by atoms with Crippen molar-refractivity contribution in [3.8, 4) is 6.07 Å². The Kier molecular flexibility index (Phi) is 2.87. The van der Waals surface area contributed by atoms with E-state index in [9.17, 15) is 0 Å². The molecule has 1 aromatic carbocycles. The molecule has 0 spiro atoms. The summed E-state index contributed by atoms with van der Waals surface area (Å²) in [6, 6.07) is 9.25. The summed E-state index contributed by atoms with van der Waals surface area (Å²) in [7, 11) is 0. The summed E-state index contributed by atoms with van der Waals surface area (Å²) in [5.74, 6) is 0.0352. The van der Waals surface area contributed by atoms with Gasteiger partial charge in [-0.2, -0.15) is 5.26 Å². The minimum Gasteiger partial charge on any atom is -0.370 e. The molecule has 0 amide bonds. The highest BCUT2D eigenvalue weighted by Crippen LogP contribution is 2.12. The van der Waals surface area contributed by atoms with E-state index in [1.165, 1.54) is 0 Å². The molecule has 1 rings (SSSR count). The largest absolute Gasteiger partial charge is 0.370 e. The van der Waals surface area contributed by atoms with Gasteiger partial charge in [-0.15, -0.1) is 0 Å². The van der Waals surface area contributed by atoms with Gasteiger partial charge in [0.2, 0.25) is 0 Å². The van der Waals surface area contributed by atoms with Crippen LogP contribution in [0.25, 0.3) is 0 Å². The first-order valence-electron chi connectivity index (χ1n) is 3.78. The minimum absolute atomic E-state index is 0.0352. The molecule has 0 saturated heterocycles. The number of nitrogens with two attached hydrogens (primary N) is 2. The summed E-state index contributed by atoms with van der Waals surface area (Å²) in [6.07, 6.45) is 0.405. The second-order valence-electron chi connectivity index (χ2n) is 2.54. The summed E-state index contributed by atoms with van der Waals surface area (Å²) >= 11 is 0. The van der Waals surface area contributed by atoms with Crippen molar-refractivity contribution in [1.82, 2.24) is 0 Å². The number of nitrogens with zero attached hydrogens (tertiary/aromatic N) is 2. The van der Waals surface area contributed by atoms with Crippen LogP contribution in [0.4, 0.5) is 5.69 Å². The average molecular weight is 174 g/mol. The fourth-order valence-electron chi connectivity index (χ4n) is 0.929. The molecule has 0 saturated carbocycles. The van der Waals surface area contributed by atoms with E-state index in [1.54, 1.807) is 12.1 Å². The lowest BCUT2D eigenvalue weighted by molar-refractivity contribution is 1.26. The predicted octanol–water partition coefficient (Wildman–Crippen LogP) is 0.658. The summed E-state index contributed by atoms with van der Waals surface area (Å²) in [5.41, 5.74) is 12.0. The van der Waals surface area contributed by atoms with Gasteiger partial charge in [-0.05, 0) is 17.7 Å². The van der Waals surface area contributed by atoms with Crippen molar-refractivity contribution in [3.63, 3.8) is 0 Å².